The van der Waals surface area contributed by atoms with Gasteiger partial charge in [0.15, 0.2) is 5.12 Å². The van der Waals surface area contributed by atoms with Crippen molar-refractivity contribution >= 4 is 22.6 Å². The summed E-state index contributed by atoms with van der Waals surface area (Å²) in [5, 5.41) is 28.9. The molecule has 1 rings (SSSR count). The molecule has 0 amide bonds. The molecule has 0 saturated heterocycles. The summed E-state index contributed by atoms with van der Waals surface area (Å²) in [6.45, 7) is 1.45. The lowest BCUT2D eigenvalue weighted by Crippen LogP contribution is -2.19. The molecule has 100 valence electrons. The molecule has 0 bridgehead atoms. The van der Waals surface area contributed by atoms with Gasteiger partial charge in [-0.1, -0.05) is 17.8 Å². The number of nitrogen functional groups attached to an aromatic ring is 1. The van der Waals surface area contributed by atoms with E-state index in [-0.39, 0.29) is 16.6 Å². The maximum absolute atomic E-state index is 10.7. The van der Waals surface area contributed by atoms with E-state index in [2.05, 4.69) is 0 Å². The van der Waals surface area contributed by atoms with Crippen LogP contribution in [0.1, 0.15) is 25.0 Å². The SMILES string of the molecule is CC(=O)SCCC(O)C(O)c1ccc(O)c(N)c1. The number of aliphatic hydroxyl groups excluding tert-OH is 2. The Morgan fingerprint density at radius 1 is 1.44 bits per heavy atom. The first-order valence-corrected chi connectivity index (χ1v) is 6.48. The predicted octanol–water partition coefficient (Wildman–Crippen LogP) is 1.04. The van der Waals surface area contributed by atoms with E-state index in [0.29, 0.717) is 17.7 Å². The molecule has 5 nitrogen and oxygen atoms in total. The first-order valence-electron chi connectivity index (χ1n) is 5.49. The number of carbonyl (C=O) groups excluding carboxylic acids is 1. The highest BCUT2D eigenvalue weighted by molar-refractivity contribution is 8.13. The highest BCUT2D eigenvalue weighted by atomic mass is 32.2. The first-order chi connectivity index (χ1) is 8.41. The molecule has 0 aromatic heterocycles. The number of aromatic hydroxyl groups is 1. The Bertz CT molecular complexity index is 425. The molecule has 0 spiro atoms. The van der Waals surface area contributed by atoms with Crippen LogP contribution in [0.25, 0.3) is 0 Å². The summed E-state index contributed by atoms with van der Waals surface area (Å²) in [4.78, 5) is 10.7. The highest BCUT2D eigenvalue weighted by Gasteiger charge is 2.19. The topological polar surface area (TPSA) is 104 Å². The smallest absolute Gasteiger partial charge is 0.185 e. The molecule has 18 heavy (non-hydrogen) atoms. The average Bonchev–Trinajstić information content (AvgIpc) is 2.31. The quantitative estimate of drug-likeness (QED) is 0.471. The zero-order chi connectivity index (χ0) is 13.7. The molecule has 0 radical (unpaired) electrons. The number of phenols is 1. The summed E-state index contributed by atoms with van der Waals surface area (Å²) < 4.78 is 0. The lowest BCUT2D eigenvalue weighted by Gasteiger charge is -2.18. The van der Waals surface area contributed by atoms with Crippen LogP contribution in [-0.2, 0) is 4.79 Å². The summed E-state index contributed by atoms with van der Waals surface area (Å²) in [6, 6.07) is 4.28. The summed E-state index contributed by atoms with van der Waals surface area (Å²) in [5.41, 5.74) is 6.09. The Balaban J connectivity index is 2.59. The molecule has 0 saturated carbocycles. The summed E-state index contributed by atoms with van der Waals surface area (Å²) in [5.74, 6) is 0.383. The van der Waals surface area contributed by atoms with Gasteiger partial charge in [0.1, 0.15) is 11.9 Å². The Hall–Kier alpha value is -1.24. The summed E-state index contributed by atoms with van der Waals surface area (Å²) in [7, 11) is 0. The van der Waals surface area contributed by atoms with Crippen LogP contribution in [0, 0.1) is 0 Å². The van der Waals surface area contributed by atoms with Crippen LogP contribution in [0.3, 0.4) is 0 Å². The van der Waals surface area contributed by atoms with Crippen LogP contribution in [0.4, 0.5) is 5.69 Å². The molecular formula is C12H17NO4S. The molecule has 2 atom stereocenters. The van der Waals surface area contributed by atoms with Gasteiger partial charge in [-0.15, -0.1) is 0 Å². The van der Waals surface area contributed by atoms with Crippen molar-refractivity contribution in [1.82, 2.24) is 0 Å². The minimum Gasteiger partial charge on any atom is -0.506 e. The van der Waals surface area contributed by atoms with Crippen LogP contribution >= 0.6 is 11.8 Å². The lowest BCUT2D eigenvalue weighted by molar-refractivity contribution is -0.109. The van der Waals surface area contributed by atoms with Gasteiger partial charge in [-0.3, -0.25) is 4.79 Å². The third kappa shape index (κ3) is 4.21. The van der Waals surface area contributed by atoms with E-state index in [4.69, 9.17) is 5.73 Å². The summed E-state index contributed by atoms with van der Waals surface area (Å²) in [6.07, 6.45) is -1.76. The largest absolute Gasteiger partial charge is 0.506 e. The van der Waals surface area contributed by atoms with Crippen LogP contribution in [-0.4, -0.2) is 32.3 Å². The van der Waals surface area contributed by atoms with E-state index >= 15 is 0 Å². The predicted molar refractivity (Wildman–Crippen MR) is 71.2 cm³/mol. The number of aliphatic hydroxyl groups is 2. The lowest BCUT2D eigenvalue weighted by atomic mass is 10.0. The molecule has 0 fully saturated rings. The fourth-order valence-electron chi connectivity index (χ4n) is 1.46. The molecule has 0 aliphatic carbocycles. The van der Waals surface area contributed by atoms with Crippen molar-refractivity contribution in [2.24, 2.45) is 0 Å². The van der Waals surface area contributed by atoms with E-state index in [1.165, 1.54) is 25.1 Å². The zero-order valence-electron chi connectivity index (χ0n) is 10.0. The standard InChI is InChI=1S/C12H17NO4S/c1-7(14)18-5-4-11(16)12(17)8-2-3-10(15)9(13)6-8/h2-3,6,11-12,15-17H,4-5,13H2,1H3. The van der Waals surface area contributed by atoms with E-state index in [9.17, 15) is 20.1 Å². The fraction of sp³-hybridized carbons (Fsp3) is 0.417. The van der Waals surface area contributed by atoms with Crippen molar-refractivity contribution in [2.45, 2.75) is 25.6 Å². The van der Waals surface area contributed by atoms with Crippen LogP contribution in [0.5, 0.6) is 5.75 Å². The van der Waals surface area contributed by atoms with Gasteiger partial charge in [0.05, 0.1) is 11.8 Å². The second-order valence-electron chi connectivity index (χ2n) is 3.96. The number of rotatable bonds is 5. The maximum atomic E-state index is 10.7. The molecular weight excluding hydrogens is 254 g/mol. The average molecular weight is 271 g/mol. The molecule has 1 aromatic rings. The number of thioether (sulfide) groups is 1. The van der Waals surface area contributed by atoms with Crippen molar-refractivity contribution in [1.29, 1.82) is 0 Å². The van der Waals surface area contributed by atoms with E-state index < -0.39 is 12.2 Å². The van der Waals surface area contributed by atoms with Crippen molar-refractivity contribution in [2.75, 3.05) is 11.5 Å². The number of nitrogens with two attached hydrogens (primary N) is 1. The van der Waals surface area contributed by atoms with Gasteiger partial charge >= 0.3 is 0 Å². The Morgan fingerprint density at radius 3 is 2.67 bits per heavy atom. The molecule has 0 aliphatic heterocycles. The maximum Gasteiger partial charge on any atom is 0.185 e. The van der Waals surface area contributed by atoms with E-state index in [0.717, 1.165) is 11.8 Å². The summed E-state index contributed by atoms with van der Waals surface area (Å²) >= 11 is 1.10. The van der Waals surface area contributed by atoms with Gasteiger partial charge in [-0.05, 0) is 24.1 Å². The molecule has 0 heterocycles. The molecule has 1 aromatic carbocycles. The molecule has 5 N–H and O–H groups in total. The number of hydrogen-bond acceptors (Lipinski definition) is 6. The van der Waals surface area contributed by atoms with E-state index in [1.54, 1.807) is 0 Å². The van der Waals surface area contributed by atoms with Crippen LogP contribution < -0.4 is 5.73 Å². The van der Waals surface area contributed by atoms with Crippen LogP contribution in [0.15, 0.2) is 18.2 Å². The zero-order valence-corrected chi connectivity index (χ0v) is 10.9. The van der Waals surface area contributed by atoms with Crippen molar-refractivity contribution < 1.29 is 20.1 Å². The Labute approximate surface area is 110 Å². The van der Waals surface area contributed by atoms with Gasteiger partial charge < -0.3 is 21.1 Å². The fourth-order valence-corrected chi connectivity index (χ4v) is 2.11. The monoisotopic (exact) mass is 271 g/mol. The van der Waals surface area contributed by atoms with Crippen molar-refractivity contribution in [3.63, 3.8) is 0 Å². The highest BCUT2D eigenvalue weighted by Crippen LogP contribution is 2.27. The number of benzene rings is 1. The van der Waals surface area contributed by atoms with Crippen molar-refractivity contribution in [3.8, 4) is 5.75 Å². The normalized spacial score (nSPS) is 14.2. The van der Waals surface area contributed by atoms with Gasteiger partial charge in [-0.25, -0.2) is 0 Å². The Morgan fingerprint density at radius 2 is 2.11 bits per heavy atom. The first kappa shape index (κ1) is 14.8. The molecule has 6 heteroatoms. The van der Waals surface area contributed by atoms with Gasteiger partial charge in [0.2, 0.25) is 0 Å². The number of phenolic OH excluding ortho intramolecular Hbond substituents is 1. The van der Waals surface area contributed by atoms with Gasteiger partial charge in [0.25, 0.3) is 0 Å². The van der Waals surface area contributed by atoms with Gasteiger partial charge in [-0.2, -0.15) is 0 Å². The molecule has 0 aliphatic rings. The minimum absolute atomic E-state index is 0.0226. The molecule has 2 unspecified atom stereocenters. The third-order valence-electron chi connectivity index (χ3n) is 2.48. The second-order valence-corrected chi connectivity index (χ2v) is 5.23. The van der Waals surface area contributed by atoms with Gasteiger partial charge in [0, 0.05) is 12.7 Å². The van der Waals surface area contributed by atoms with Crippen LogP contribution in [0.2, 0.25) is 0 Å². The second kappa shape index (κ2) is 6.63. The Kier molecular flexibility index (Phi) is 5.46. The minimum atomic E-state index is -1.08. The third-order valence-corrected chi connectivity index (χ3v) is 3.32. The van der Waals surface area contributed by atoms with E-state index in [1.807, 2.05) is 0 Å². The number of hydrogen-bond donors (Lipinski definition) is 4. The number of carbonyl (C=O) groups is 1. The number of anilines is 1. The van der Waals surface area contributed by atoms with Crippen molar-refractivity contribution in [3.05, 3.63) is 23.8 Å².